The van der Waals surface area contributed by atoms with Crippen molar-refractivity contribution in [3.8, 4) is 5.75 Å². The van der Waals surface area contributed by atoms with Gasteiger partial charge < -0.3 is 15.4 Å². The number of nitrogens with one attached hydrogen (secondary N) is 2. The lowest BCUT2D eigenvalue weighted by molar-refractivity contribution is 0.0925. The third kappa shape index (κ3) is 5.00. The van der Waals surface area contributed by atoms with Crippen molar-refractivity contribution >= 4 is 21.8 Å². The molecular formula is C16H23BrN2O2. The van der Waals surface area contributed by atoms with Gasteiger partial charge in [0.2, 0.25) is 0 Å². The minimum Gasteiger partial charge on any atom is -0.491 e. The molecule has 1 saturated heterocycles. The quantitative estimate of drug-likeness (QED) is 0.873. The number of rotatable bonds is 4. The summed E-state index contributed by atoms with van der Waals surface area (Å²) in [6, 6.07) is 6.19. The highest BCUT2D eigenvalue weighted by Gasteiger charge is 2.21. The second kappa shape index (κ2) is 7.27. The van der Waals surface area contributed by atoms with Gasteiger partial charge in [-0.3, -0.25) is 4.79 Å². The number of carbonyl (C=O) groups is 1. The standard InChI is InChI=1S/C16H23BrN2O2/c1-10(2)21-15-8-12(7-13(17)9-15)16(20)19-14-4-5-18-11(3)6-14/h7-11,14,18H,4-6H2,1-3H3,(H,19,20). The first kappa shape index (κ1) is 16.3. The van der Waals surface area contributed by atoms with Crippen molar-refractivity contribution in [1.82, 2.24) is 10.6 Å². The summed E-state index contributed by atoms with van der Waals surface area (Å²) in [6.07, 6.45) is 2.02. The summed E-state index contributed by atoms with van der Waals surface area (Å²) in [5.41, 5.74) is 0.631. The van der Waals surface area contributed by atoms with Gasteiger partial charge in [-0.25, -0.2) is 0 Å². The maximum absolute atomic E-state index is 12.4. The van der Waals surface area contributed by atoms with Crippen molar-refractivity contribution in [3.63, 3.8) is 0 Å². The number of hydrogen-bond acceptors (Lipinski definition) is 3. The van der Waals surface area contributed by atoms with E-state index < -0.39 is 0 Å². The summed E-state index contributed by atoms with van der Waals surface area (Å²) >= 11 is 3.44. The van der Waals surface area contributed by atoms with Crippen LogP contribution in [0.2, 0.25) is 0 Å². The maximum atomic E-state index is 12.4. The topological polar surface area (TPSA) is 50.4 Å². The molecule has 5 heteroatoms. The fourth-order valence-corrected chi connectivity index (χ4v) is 3.04. The van der Waals surface area contributed by atoms with Gasteiger partial charge in [-0.2, -0.15) is 0 Å². The summed E-state index contributed by atoms with van der Waals surface area (Å²) in [5.74, 6) is 0.673. The monoisotopic (exact) mass is 354 g/mol. The number of hydrogen-bond donors (Lipinski definition) is 2. The Morgan fingerprint density at radius 2 is 2.19 bits per heavy atom. The Morgan fingerprint density at radius 3 is 2.86 bits per heavy atom. The fourth-order valence-electron chi connectivity index (χ4n) is 2.57. The van der Waals surface area contributed by atoms with E-state index in [-0.39, 0.29) is 18.1 Å². The summed E-state index contributed by atoms with van der Waals surface area (Å²) < 4.78 is 6.52. The fraction of sp³-hybridized carbons (Fsp3) is 0.562. The second-order valence-corrected chi connectivity index (χ2v) is 6.81. The molecule has 0 spiro atoms. The molecular weight excluding hydrogens is 332 g/mol. The van der Waals surface area contributed by atoms with E-state index in [1.165, 1.54) is 0 Å². The molecule has 1 aliphatic rings. The zero-order chi connectivity index (χ0) is 15.4. The van der Waals surface area contributed by atoms with Gasteiger partial charge in [-0.1, -0.05) is 15.9 Å². The highest BCUT2D eigenvalue weighted by atomic mass is 79.9. The van der Waals surface area contributed by atoms with E-state index in [4.69, 9.17) is 4.74 Å². The summed E-state index contributed by atoms with van der Waals surface area (Å²) in [4.78, 5) is 12.4. The summed E-state index contributed by atoms with van der Waals surface area (Å²) in [6.45, 7) is 7.03. The van der Waals surface area contributed by atoms with E-state index in [1.54, 1.807) is 6.07 Å². The molecule has 0 radical (unpaired) electrons. The van der Waals surface area contributed by atoms with Crippen molar-refractivity contribution < 1.29 is 9.53 Å². The van der Waals surface area contributed by atoms with Gasteiger partial charge in [0.25, 0.3) is 5.91 Å². The molecule has 0 aromatic heterocycles. The summed E-state index contributed by atoms with van der Waals surface area (Å²) in [7, 11) is 0. The Labute approximate surface area is 134 Å². The number of benzene rings is 1. The smallest absolute Gasteiger partial charge is 0.251 e. The number of piperidine rings is 1. The molecule has 0 bridgehead atoms. The molecule has 0 aliphatic carbocycles. The third-order valence-electron chi connectivity index (χ3n) is 3.46. The van der Waals surface area contributed by atoms with Crippen LogP contribution in [0, 0.1) is 0 Å². The lowest BCUT2D eigenvalue weighted by atomic mass is 10.0. The van der Waals surface area contributed by atoms with Crippen LogP contribution >= 0.6 is 15.9 Å². The van der Waals surface area contributed by atoms with Crippen LogP contribution in [0.3, 0.4) is 0 Å². The molecule has 1 amide bonds. The van der Waals surface area contributed by atoms with Crippen molar-refractivity contribution in [2.75, 3.05) is 6.54 Å². The van der Waals surface area contributed by atoms with E-state index in [2.05, 4.69) is 33.5 Å². The Kier molecular flexibility index (Phi) is 5.65. The van der Waals surface area contributed by atoms with Gasteiger partial charge in [0.1, 0.15) is 5.75 Å². The van der Waals surface area contributed by atoms with Crippen LogP contribution in [0.5, 0.6) is 5.75 Å². The van der Waals surface area contributed by atoms with E-state index >= 15 is 0 Å². The molecule has 0 saturated carbocycles. The average Bonchev–Trinajstić information content (AvgIpc) is 2.37. The number of amides is 1. The first-order valence-corrected chi connectivity index (χ1v) is 8.25. The van der Waals surface area contributed by atoms with Crippen LogP contribution < -0.4 is 15.4 Å². The molecule has 2 rings (SSSR count). The number of halogens is 1. The Hall–Kier alpha value is -1.07. The second-order valence-electron chi connectivity index (χ2n) is 5.89. The molecule has 21 heavy (non-hydrogen) atoms. The van der Waals surface area contributed by atoms with Gasteiger partial charge in [0, 0.05) is 22.1 Å². The van der Waals surface area contributed by atoms with Gasteiger partial charge in [0.05, 0.1) is 6.10 Å². The maximum Gasteiger partial charge on any atom is 0.251 e. The van der Waals surface area contributed by atoms with Crippen LogP contribution in [0.15, 0.2) is 22.7 Å². The lowest BCUT2D eigenvalue weighted by Crippen LogP contribution is -2.46. The molecule has 2 atom stereocenters. The zero-order valence-corrected chi connectivity index (χ0v) is 14.4. The van der Waals surface area contributed by atoms with Crippen molar-refractivity contribution in [2.45, 2.75) is 51.8 Å². The van der Waals surface area contributed by atoms with Crippen molar-refractivity contribution in [1.29, 1.82) is 0 Å². The molecule has 4 nitrogen and oxygen atoms in total. The summed E-state index contributed by atoms with van der Waals surface area (Å²) in [5, 5.41) is 6.50. The van der Waals surface area contributed by atoms with E-state index in [0.29, 0.717) is 17.4 Å². The predicted octanol–water partition coefficient (Wildman–Crippen LogP) is 3.11. The number of ether oxygens (including phenoxy) is 1. The van der Waals surface area contributed by atoms with Crippen LogP contribution in [-0.4, -0.2) is 30.6 Å². The number of carbonyl (C=O) groups excluding carboxylic acids is 1. The lowest BCUT2D eigenvalue weighted by Gasteiger charge is -2.28. The minimum atomic E-state index is -0.0380. The van der Waals surface area contributed by atoms with Crippen LogP contribution in [0.25, 0.3) is 0 Å². The molecule has 2 N–H and O–H groups in total. The normalized spacial score (nSPS) is 22.1. The molecule has 1 fully saturated rings. The molecule has 1 heterocycles. The molecule has 116 valence electrons. The van der Waals surface area contributed by atoms with Crippen LogP contribution in [0.1, 0.15) is 44.0 Å². The highest BCUT2D eigenvalue weighted by molar-refractivity contribution is 9.10. The Morgan fingerprint density at radius 1 is 1.43 bits per heavy atom. The van der Waals surface area contributed by atoms with Crippen molar-refractivity contribution in [3.05, 3.63) is 28.2 Å². The highest BCUT2D eigenvalue weighted by Crippen LogP contribution is 2.23. The predicted molar refractivity (Wildman–Crippen MR) is 87.9 cm³/mol. The largest absolute Gasteiger partial charge is 0.491 e. The first-order valence-electron chi connectivity index (χ1n) is 7.45. The van der Waals surface area contributed by atoms with Gasteiger partial charge >= 0.3 is 0 Å². The first-order chi connectivity index (χ1) is 9.94. The average molecular weight is 355 g/mol. The zero-order valence-electron chi connectivity index (χ0n) is 12.8. The molecule has 2 unspecified atom stereocenters. The Bertz CT molecular complexity index is 505. The minimum absolute atomic E-state index is 0.0380. The third-order valence-corrected chi connectivity index (χ3v) is 3.92. The van der Waals surface area contributed by atoms with Gasteiger partial charge in [-0.05, 0) is 58.4 Å². The SMILES string of the molecule is CC1CC(NC(=O)c2cc(Br)cc(OC(C)C)c2)CCN1. The van der Waals surface area contributed by atoms with Crippen LogP contribution in [-0.2, 0) is 0 Å². The Balaban J connectivity index is 2.06. The van der Waals surface area contributed by atoms with Gasteiger partial charge in [-0.15, -0.1) is 0 Å². The molecule has 1 aromatic rings. The van der Waals surface area contributed by atoms with Gasteiger partial charge in [0.15, 0.2) is 0 Å². The molecule has 1 aliphatic heterocycles. The van der Waals surface area contributed by atoms with E-state index in [0.717, 1.165) is 23.9 Å². The van der Waals surface area contributed by atoms with E-state index in [9.17, 15) is 4.79 Å². The van der Waals surface area contributed by atoms with Crippen molar-refractivity contribution in [2.24, 2.45) is 0 Å². The van der Waals surface area contributed by atoms with Crippen LogP contribution in [0.4, 0.5) is 0 Å². The van der Waals surface area contributed by atoms with E-state index in [1.807, 2.05) is 26.0 Å². The molecule has 1 aromatic carbocycles.